The molecule has 0 aromatic carbocycles. The molecule has 0 saturated carbocycles. The van der Waals surface area contributed by atoms with Gasteiger partial charge < -0.3 is 9.64 Å². The molecule has 1 aliphatic rings. The van der Waals surface area contributed by atoms with Crippen LogP contribution in [0.1, 0.15) is 23.5 Å². The Hall–Kier alpha value is -0.960. The third kappa shape index (κ3) is 3.68. The molecule has 0 spiro atoms. The van der Waals surface area contributed by atoms with E-state index in [1.54, 1.807) is 17.3 Å². The number of hydrogen-bond donors (Lipinski definition) is 0. The lowest BCUT2D eigenvalue weighted by molar-refractivity contribution is 0.0728. The zero-order valence-electron chi connectivity index (χ0n) is 13.1. The van der Waals surface area contributed by atoms with Crippen molar-refractivity contribution in [2.45, 2.75) is 18.7 Å². The summed E-state index contributed by atoms with van der Waals surface area (Å²) in [5, 5.41) is 1.66. The molecule has 0 aliphatic carbocycles. The number of hydrogen-bond acceptors (Lipinski definition) is 5. The van der Waals surface area contributed by atoms with Gasteiger partial charge in [-0.1, -0.05) is 13.8 Å². The first kappa shape index (κ1) is 17.4. The van der Waals surface area contributed by atoms with Crippen LogP contribution in [0.2, 0.25) is 0 Å². The number of thiophene rings is 1. The van der Waals surface area contributed by atoms with Crippen LogP contribution in [0.15, 0.2) is 16.3 Å². The molecule has 1 fully saturated rings. The van der Waals surface area contributed by atoms with E-state index >= 15 is 0 Å². The second-order valence-corrected chi connectivity index (χ2v) is 8.53. The van der Waals surface area contributed by atoms with Crippen LogP contribution in [-0.4, -0.2) is 63.4 Å². The standard InChI is InChI=1S/C14H22N2O4S2/c1-11(2)10-15(3)14(17)13-12(4-9-21-13)22(18,19)16-5-7-20-8-6-16/h4,9,11H,5-8,10H2,1-3H3. The van der Waals surface area contributed by atoms with Crippen LogP contribution in [0.3, 0.4) is 0 Å². The van der Waals surface area contributed by atoms with Crippen molar-refractivity contribution >= 4 is 27.3 Å². The Balaban J connectivity index is 2.26. The van der Waals surface area contributed by atoms with Crippen molar-refractivity contribution in [2.75, 3.05) is 39.9 Å². The number of morpholine rings is 1. The van der Waals surface area contributed by atoms with Crippen LogP contribution in [0.5, 0.6) is 0 Å². The third-order valence-corrected chi connectivity index (χ3v) is 6.37. The smallest absolute Gasteiger partial charge is 0.265 e. The Bertz CT molecular complexity index is 619. The van der Waals surface area contributed by atoms with E-state index in [0.29, 0.717) is 38.8 Å². The first-order valence-corrected chi connectivity index (χ1v) is 9.57. The van der Waals surface area contributed by atoms with Crippen LogP contribution >= 0.6 is 11.3 Å². The molecule has 0 bridgehead atoms. The summed E-state index contributed by atoms with van der Waals surface area (Å²) in [5.41, 5.74) is 0. The molecule has 0 N–H and O–H groups in total. The van der Waals surface area contributed by atoms with Gasteiger partial charge in [0.2, 0.25) is 10.0 Å². The fraction of sp³-hybridized carbons (Fsp3) is 0.643. The van der Waals surface area contributed by atoms with Gasteiger partial charge in [-0.15, -0.1) is 11.3 Å². The SMILES string of the molecule is CC(C)CN(C)C(=O)c1sccc1S(=O)(=O)N1CCOCC1. The van der Waals surface area contributed by atoms with Crippen LogP contribution in [-0.2, 0) is 14.8 Å². The van der Waals surface area contributed by atoms with Crippen LogP contribution in [0.4, 0.5) is 0 Å². The maximum atomic E-state index is 12.7. The van der Waals surface area contributed by atoms with Gasteiger partial charge >= 0.3 is 0 Å². The molecule has 1 aromatic heterocycles. The molecular formula is C14H22N2O4S2. The summed E-state index contributed by atoms with van der Waals surface area (Å²) in [4.78, 5) is 14.5. The van der Waals surface area contributed by atoms with Crippen molar-refractivity contribution in [1.29, 1.82) is 0 Å². The summed E-state index contributed by atoms with van der Waals surface area (Å²) in [6.07, 6.45) is 0. The number of carbonyl (C=O) groups is 1. The molecule has 6 nitrogen and oxygen atoms in total. The largest absolute Gasteiger partial charge is 0.379 e. The molecule has 0 unspecified atom stereocenters. The summed E-state index contributed by atoms with van der Waals surface area (Å²) >= 11 is 1.18. The van der Waals surface area contributed by atoms with Crippen molar-refractivity contribution in [2.24, 2.45) is 5.92 Å². The van der Waals surface area contributed by atoms with Crippen LogP contribution in [0, 0.1) is 5.92 Å². The zero-order valence-corrected chi connectivity index (χ0v) is 14.7. The first-order valence-electron chi connectivity index (χ1n) is 7.25. The monoisotopic (exact) mass is 346 g/mol. The molecule has 1 saturated heterocycles. The van der Waals surface area contributed by atoms with E-state index in [9.17, 15) is 13.2 Å². The Morgan fingerprint density at radius 3 is 2.64 bits per heavy atom. The lowest BCUT2D eigenvalue weighted by Gasteiger charge is -2.26. The van der Waals surface area contributed by atoms with Gasteiger partial charge in [0, 0.05) is 26.7 Å². The van der Waals surface area contributed by atoms with Gasteiger partial charge in [0.1, 0.15) is 9.77 Å². The summed E-state index contributed by atoms with van der Waals surface area (Å²) in [6, 6.07) is 1.52. The lowest BCUT2D eigenvalue weighted by Crippen LogP contribution is -2.41. The topological polar surface area (TPSA) is 66.9 Å². The number of sulfonamides is 1. The molecule has 124 valence electrons. The second kappa shape index (κ2) is 7.08. The molecule has 1 amide bonds. The Kier molecular flexibility index (Phi) is 5.60. The van der Waals surface area contributed by atoms with Crippen LogP contribution < -0.4 is 0 Å². The van der Waals surface area contributed by atoms with E-state index in [0.717, 1.165) is 0 Å². The average molecular weight is 346 g/mol. The summed E-state index contributed by atoms with van der Waals surface area (Å²) in [5.74, 6) is 0.0868. The highest BCUT2D eigenvalue weighted by atomic mass is 32.2. The highest BCUT2D eigenvalue weighted by molar-refractivity contribution is 7.89. The minimum absolute atomic E-state index is 0.111. The maximum absolute atomic E-state index is 12.7. The molecule has 0 atom stereocenters. The van der Waals surface area contributed by atoms with Gasteiger partial charge in [0.05, 0.1) is 13.2 Å². The van der Waals surface area contributed by atoms with Crippen molar-refractivity contribution < 1.29 is 17.9 Å². The normalized spacial score (nSPS) is 16.9. The van der Waals surface area contributed by atoms with Crippen molar-refractivity contribution in [1.82, 2.24) is 9.21 Å². The quantitative estimate of drug-likeness (QED) is 0.810. The molecule has 0 radical (unpaired) electrons. The second-order valence-electron chi connectivity index (χ2n) is 5.71. The maximum Gasteiger partial charge on any atom is 0.265 e. The molecule has 2 rings (SSSR count). The predicted octanol–water partition coefficient (Wildman–Crippen LogP) is 1.50. The highest BCUT2D eigenvalue weighted by Gasteiger charge is 2.32. The molecule has 1 aromatic rings. The van der Waals surface area contributed by atoms with Gasteiger partial charge in [-0.25, -0.2) is 8.42 Å². The minimum atomic E-state index is -3.64. The van der Waals surface area contributed by atoms with Crippen LogP contribution in [0.25, 0.3) is 0 Å². The number of carbonyl (C=O) groups excluding carboxylic acids is 1. The van der Waals surface area contributed by atoms with E-state index in [4.69, 9.17) is 4.74 Å². The fourth-order valence-electron chi connectivity index (χ4n) is 2.39. The molecular weight excluding hydrogens is 324 g/mol. The van der Waals surface area contributed by atoms with Crippen molar-refractivity contribution in [3.63, 3.8) is 0 Å². The first-order chi connectivity index (χ1) is 10.3. The summed E-state index contributed by atoms with van der Waals surface area (Å²) in [7, 11) is -1.94. The Morgan fingerprint density at radius 1 is 1.41 bits per heavy atom. The highest BCUT2D eigenvalue weighted by Crippen LogP contribution is 2.27. The third-order valence-electron chi connectivity index (χ3n) is 3.40. The predicted molar refractivity (Wildman–Crippen MR) is 85.7 cm³/mol. The average Bonchev–Trinajstić information content (AvgIpc) is 2.96. The molecule has 2 heterocycles. The summed E-state index contributed by atoms with van der Waals surface area (Å²) in [6.45, 7) is 6.06. The van der Waals surface area contributed by atoms with E-state index in [1.807, 2.05) is 13.8 Å². The van der Waals surface area contributed by atoms with Gasteiger partial charge in [0.25, 0.3) is 5.91 Å². The van der Waals surface area contributed by atoms with Gasteiger partial charge in [-0.3, -0.25) is 4.79 Å². The van der Waals surface area contributed by atoms with E-state index < -0.39 is 10.0 Å². The van der Waals surface area contributed by atoms with Gasteiger partial charge in [0.15, 0.2) is 0 Å². The number of nitrogens with zero attached hydrogens (tertiary/aromatic N) is 2. The van der Waals surface area contributed by atoms with E-state index in [1.165, 1.54) is 21.7 Å². The van der Waals surface area contributed by atoms with Crippen molar-refractivity contribution in [3.8, 4) is 0 Å². The fourth-order valence-corrected chi connectivity index (χ4v) is 5.18. The van der Waals surface area contributed by atoms with Crippen molar-refractivity contribution in [3.05, 3.63) is 16.3 Å². The number of amides is 1. The Morgan fingerprint density at radius 2 is 2.05 bits per heavy atom. The molecule has 22 heavy (non-hydrogen) atoms. The molecule has 1 aliphatic heterocycles. The van der Waals surface area contributed by atoms with Gasteiger partial charge in [-0.05, 0) is 17.4 Å². The lowest BCUT2D eigenvalue weighted by atomic mass is 10.2. The molecule has 8 heteroatoms. The summed E-state index contributed by atoms with van der Waals surface area (Å²) < 4.78 is 32.0. The number of rotatable bonds is 5. The van der Waals surface area contributed by atoms with Gasteiger partial charge in [-0.2, -0.15) is 4.31 Å². The minimum Gasteiger partial charge on any atom is -0.379 e. The van der Waals surface area contributed by atoms with E-state index in [2.05, 4.69) is 0 Å². The Labute approximate surface area is 135 Å². The number of ether oxygens (including phenoxy) is 1. The zero-order chi connectivity index (χ0) is 16.3. The van der Waals surface area contributed by atoms with E-state index in [-0.39, 0.29) is 15.7 Å².